The van der Waals surface area contributed by atoms with Crippen molar-refractivity contribution in [2.24, 2.45) is 0 Å². The molecule has 0 aliphatic heterocycles. The first-order valence-corrected chi connectivity index (χ1v) is 2.06. The SMILES string of the molecule is Cc1cn[nH]c1N.Cl. The summed E-state index contributed by atoms with van der Waals surface area (Å²) in [5, 5.41) is 6.27. The predicted molar refractivity (Wildman–Crippen MR) is 35.0 cm³/mol. The highest BCUT2D eigenvalue weighted by Crippen LogP contribution is 2.00. The van der Waals surface area contributed by atoms with Crippen LogP contribution in [0.3, 0.4) is 0 Å². The van der Waals surface area contributed by atoms with Crippen LogP contribution in [0.4, 0.5) is 5.82 Å². The van der Waals surface area contributed by atoms with Crippen LogP contribution in [0.1, 0.15) is 5.56 Å². The van der Waals surface area contributed by atoms with Crippen LogP contribution in [0.15, 0.2) is 6.20 Å². The van der Waals surface area contributed by atoms with Crippen molar-refractivity contribution in [1.82, 2.24) is 10.2 Å². The van der Waals surface area contributed by atoms with E-state index in [1.165, 1.54) is 0 Å². The number of nitrogen functional groups attached to an aromatic ring is 1. The van der Waals surface area contributed by atoms with Crippen molar-refractivity contribution in [3.63, 3.8) is 0 Å². The van der Waals surface area contributed by atoms with Gasteiger partial charge in [0, 0.05) is 5.56 Å². The minimum atomic E-state index is 0. The Hall–Kier alpha value is -0.700. The van der Waals surface area contributed by atoms with E-state index >= 15 is 0 Å². The van der Waals surface area contributed by atoms with Gasteiger partial charge in [-0.15, -0.1) is 12.4 Å². The largest absolute Gasteiger partial charge is 0.384 e. The van der Waals surface area contributed by atoms with Gasteiger partial charge in [0.1, 0.15) is 5.82 Å². The Bertz CT molecular complexity index is 144. The van der Waals surface area contributed by atoms with Gasteiger partial charge < -0.3 is 5.73 Å². The van der Waals surface area contributed by atoms with Crippen molar-refractivity contribution in [3.05, 3.63) is 11.8 Å². The molecule has 1 aromatic rings. The summed E-state index contributed by atoms with van der Waals surface area (Å²) < 4.78 is 0. The summed E-state index contributed by atoms with van der Waals surface area (Å²) in [7, 11) is 0. The second-order valence-corrected chi connectivity index (χ2v) is 1.47. The summed E-state index contributed by atoms with van der Waals surface area (Å²) in [6, 6.07) is 0. The fraction of sp³-hybridized carbons (Fsp3) is 0.250. The summed E-state index contributed by atoms with van der Waals surface area (Å²) >= 11 is 0. The maximum absolute atomic E-state index is 5.32. The molecule has 0 radical (unpaired) electrons. The highest BCUT2D eigenvalue weighted by atomic mass is 35.5. The molecule has 46 valence electrons. The van der Waals surface area contributed by atoms with E-state index in [0.717, 1.165) is 5.56 Å². The highest BCUT2D eigenvalue weighted by molar-refractivity contribution is 5.85. The number of hydrogen-bond donors (Lipinski definition) is 2. The van der Waals surface area contributed by atoms with Gasteiger partial charge in [-0.1, -0.05) is 0 Å². The lowest BCUT2D eigenvalue weighted by Crippen LogP contribution is -1.85. The maximum Gasteiger partial charge on any atom is 0.121 e. The molecule has 0 aliphatic rings. The number of anilines is 1. The number of aromatic amines is 1. The topological polar surface area (TPSA) is 54.7 Å². The van der Waals surface area contributed by atoms with Gasteiger partial charge in [0.2, 0.25) is 0 Å². The molecule has 3 nitrogen and oxygen atoms in total. The quantitative estimate of drug-likeness (QED) is 0.548. The zero-order valence-corrected chi connectivity index (χ0v) is 5.33. The Balaban J connectivity index is 0.000000490. The van der Waals surface area contributed by atoms with Crippen LogP contribution < -0.4 is 5.73 Å². The minimum Gasteiger partial charge on any atom is -0.384 e. The molecular weight excluding hydrogens is 126 g/mol. The lowest BCUT2D eigenvalue weighted by molar-refractivity contribution is 1.10. The molecule has 0 atom stereocenters. The molecule has 3 N–H and O–H groups in total. The highest BCUT2D eigenvalue weighted by Gasteiger charge is 1.88. The van der Waals surface area contributed by atoms with Gasteiger partial charge >= 0.3 is 0 Å². The van der Waals surface area contributed by atoms with Gasteiger partial charge in [-0.05, 0) is 6.92 Å². The molecule has 0 saturated carbocycles. The number of nitrogens with one attached hydrogen (secondary N) is 1. The van der Waals surface area contributed by atoms with E-state index in [1.54, 1.807) is 6.20 Å². The zero-order valence-electron chi connectivity index (χ0n) is 4.51. The van der Waals surface area contributed by atoms with Gasteiger partial charge in [0.25, 0.3) is 0 Å². The smallest absolute Gasteiger partial charge is 0.121 e. The predicted octanol–water partition coefficient (Wildman–Crippen LogP) is 0.722. The van der Waals surface area contributed by atoms with Gasteiger partial charge in [-0.2, -0.15) is 5.10 Å². The Morgan fingerprint density at radius 2 is 2.38 bits per heavy atom. The molecule has 0 saturated heterocycles. The van der Waals surface area contributed by atoms with Crippen molar-refractivity contribution in [2.45, 2.75) is 6.92 Å². The number of hydrogen-bond acceptors (Lipinski definition) is 2. The molecule has 1 heterocycles. The van der Waals surface area contributed by atoms with Crippen LogP contribution in [-0.4, -0.2) is 10.2 Å². The number of nitrogens with zero attached hydrogens (tertiary/aromatic N) is 1. The van der Waals surface area contributed by atoms with Crippen molar-refractivity contribution in [2.75, 3.05) is 5.73 Å². The lowest BCUT2D eigenvalue weighted by atomic mass is 10.4. The molecule has 0 aliphatic carbocycles. The Kier molecular flexibility index (Phi) is 2.34. The first-order chi connectivity index (χ1) is 3.30. The number of halogens is 1. The second kappa shape index (κ2) is 2.57. The van der Waals surface area contributed by atoms with E-state index in [-0.39, 0.29) is 12.4 Å². The average Bonchev–Trinajstić information content (AvgIpc) is 1.91. The first-order valence-electron chi connectivity index (χ1n) is 2.06. The van der Waals surface area contributed by atoms with Gasteiger partial charge in [0.05, 0.1) is 6.20 Å². The van der Waals surface area contributed by atoms with E-state index < -0.39 is 0 Å². The second-order valence-electron chi connectivity index (χ2n) is 1.47. The third kappa shape index (κ3) is 1.13. The number of nitrogens with two attached hydrogens (primary N) is 1. The monoisotopic (exact) mass is 133 g/mol. The van der Waals surface area contributed by atoms with E-state index in [2.05, 4.69) is 10.2 Å². The van der Waals surface area contributed by atoms with Crippen molar-refractivity contribution >= 4 is 18.2 Å². The Morgan fingerprint density at radius 1 is 1.75 bits per heavy atom. The molecule has 1 aromatic heterocycles. The van der Waals surface area contributed by atoms with Crippen molar-refractivity contribution < 1.29 is 0 Å². The van der Waals surface area contributed by atoms with Crippen LogP contribution in [0.5, 0.6) is 0 Å². The van der Waals surface area contributed by atoms with Gasteiger partial charge in [-0.25, -0.2) is 0 Å². The molecular formula is C4H8ClN3. The zero-order chi connectivity index (χ0) is 5.28. The van der Waals surface area contributed by atoms with E-state index in [0.29, 0.717) is 5.82 Å². The van der Waals surface area contributed by atoms with Crippen molar-refractivity contribution in [1.29, 1.82) is 0 Å². The molecule has 0 spiro atoms. The number of aryl methyl sites for hydroxylation is 1. The standard InChI is InChI=1S/C4H7N3.ClH/c1-3-2-6-7-4(3)5;/h2H,1H3,(H3,5,6,7);1H. The third-order valence-corrected chi connectivity index (χ3v) is 0.868. The molecule has 0 unspecified atom stereocenters. The molecule has 8 heavy (non-hydrogen) atoms. The minimum absolute atomic E-state index is 0. The molecule has 0 bridgehead atoms. The summed E-state index contributed by atoms with van der Waals surface area (Å²) in [6.45, 7) is 1.90. The van der Waals surface area contributed by atoms with E-state index in [9.17, 15) is 0 Å². The first kappa shape index (κ1) is 7.30. The lowest BCUT2D eigenvalue weighted by Gasteiger charge is -1.79. The Morgan fingerprint density at radius 3 is 2.50 bits per heavy atom. The summed E-state index contributed by atoms with van der Waals surface area (Å²) in [6.07, 6.45) is 1.69. The van der Waals surface area contributed by atoms with Crippen molar-refractivity contribution in [3.8, 4) is 0 Å². The Labute approximate surface area is 53.7 Å². The summed E-state index contributed by atoms with van der Waals surface area (Å²) in [5.74, 6) is 0.653. The number of aromatic nitrogens is 2. The third-order valence-electron chi connectivity index (χ3n) is 0.868. The molecule has 0 amide bonds. The fourth-order valence-corrected chi connectivity index (χ4v) is 0.356. The summed E-state index contributed by atoms with van der Waals surface area (Å²) in [5.41, 5.74) is 6.32. The molecule has 0 aromatic carbocycles. The van der Waals surface area contributed by atoms with Crippen LogP contribution >= 0.6 is 12.4 Å². The maximum atomic E-state index is 5.32. The average molecular weight is 134 g/mol. The van der Waals surface area contributed by atoms with Gasteiger partial charge in [-0.3, -0.25) is 5.10 Å². The van der Waals surface area contributed by atoms with Crippen LogP contribution in [0.2, 0.25) is 0 Å². The van der Waals surface area contributed by atoms with Gasteiger partial charge in [0.15, 0.2) is 0 Å². The van der Waals surface area contributed by atoms with Crippen LogP contribution in [0.25, 0.3) is 0 Å². The summed E-state index contributed by atoms with van der Waals surface area (Å²) in [4.78, 5) is 0. The van der Waals surface area contributed by atoms with E-state index in [4.69, 9.17) is 5.73 Å². The van der Waals surface area contributed by atoms with Crippen LogP contribution in [-0.2, 0) is 0 Å². The van der Waals surface area contributed by atoms with E-state index in [1.807, 2.05) is 6.92 Å². The molecule has 1 rings (SSSR count). The number of H-pyrrole nitrogens is 1. The molecule has 0 fully saturated rings. The van der Waals surface area contributed by atoms with Crippen LogP contribution in [0, 0.1) is 6.92 Å². The fourth-order valence-electron chi connectivity index (χ4n) is 0.356. The number of rotatable bonds is 0. The normalized spacial score (nSPS) is 8.12. The molecule has 4 heteroatoms.